The van der Waals surface area contributed by atoms with Crippen molar-refractivity contribution in [2.75, 3.05) is 5.01 Å². The summed E-state index contributed by atoms with van der Waals surface area (Å²) < 4.78 is 13.4. The van der Waals surface area contributed by atoms with Crippen LogP contribution in [0.25, 0.3) is 0 Å². The van der Waals surface area contributed by atoms with E-state index in [4.69, 9.17) is 0 Å². The van der Waals surface area contributed by atoms with Crippen LogP contribution < -0.4 is 10.4 Å². The highest BCUT2D eigenvalue weighted by Gasteiger charge is 2.45. The van der Waals surface area contributed by atoms with Crippen molar-refractivity contribution in [3.8, 4) is 11.8 Å². The van der Waals surface area contributed by atoms with Crippen LogP contribution in [0, 0.1) is 23.6 Å². The number of aliphatic hydroxyl groups is 1. The molecular formula is C28H25FN2O3. The zero-order chi connectivity index (χ0) is 24.0. The fraction of sp³-hybridized carbons (Fsp3) is 0.250. The Labute approximate surface area is 197 Å². The van der Waals surface area contributed by atoms with Gasteiger partial charge in [-0.25, -0.2) is 4.39 Å². The maximum absolute atomic E-state index is 13.4. The van der Waals surface area contributed by atoms with Crippen LogP contribution in [0.2, 0.25) is 0 Å². The Hall–Kier alpha value is -3.82. The quantitative estimate of drug-likeness (QED) is 0.588. The number of rotatable bonds is 3. The van der Waals surface area contributed by atoms with Gasteiger partial charge in [0.25, 0.3) is 0 Å². The van der Waals surface area contributed by atoms with E-state index in [1.54, 1.807) is 37.3 Å². The number of anilines is 1. The number of carbonyl (C=O) groups is 1. The molecule has 3 N–H and O–H groups in total. The number of benzene rings is 2. The second-order valence-corrected chi connectivity index (χ2v) is 9.03. The first-order chi connectivity index (χ1) is 16.3. The summed E-state index contributed by atoms with van der Waals surface area (Å²) in [7, 11) is 0. The van der Waals surface area contributed by atoms with Gasteiger partial charge < -0.3 is 15.6 Å². The van der Waals surface area contributed by atoms with Crippen LogP contribution >= 0.6 is 0 Å². The van der Waals surface area contributed by atoms with E-state index in [0.29, 0.717) is 24.0 Å². The number of fused-ring (bicyclic) bond motifs is 1. The average Bonchev–Trinajstić information content (AvgIpc) is 3.40. The van der Waals surface area contributed by atoms with E-state index >= 15 is 0 Å². The van der Waals surface area contributed by atoms with E-state index in [1.165, 1.54) is 12.1 Å². The molecule has 2 aromatic rings. The molecule has 0 bridgehead atoms. The van der Waals surface area contributed by atoms with Crippen molar-refractivity contribution in [3.63, 3.8) is 0 Å². The van der Waals surface area contributed by atoms with Crippen LogP contribution in [0.5, 0.6) is 0 Å². The van der Waals surface area contributed by atoms with Crippen molar-refractivity contribution in [1.29, 1.82) is 0 Å². The first kappa shape index (κ1) is 22.0. The number of carboxylic acid groups (broad SMARTS) is 1. The second-order valence-electron chi connectivity index (χ2n) is 9.03. The normalized spacial score (nSPS) is 23.8. The zero-order valence-electron chi connectivity index (χ0n) is 19.0. The van der Waals surface area contributed by atoms with E-state index in [1.807, 2.05) is 17.3 Å². The molecule has 0 unspecified atom stereocenters. The van der Waals surface area contributed by atoms with Crippen LogP contribution in [0.3, 0.4) is 0 Å². The lowest BCUT2D eigenvalue weighted by atomic mass is 9.78. The Morgan fingerprint density at radius 2 is 2.03 bits per heavy atom. The highest BCUT2D eigenvalue weighted by molar-refractivity contribution is 5.75. The smallest absolute Gasteiger partial charge is 0.310 e. The van der Waals surface area contributed by atoms with Crippen molar-refractivity contribution in [2.24, 2.45) is 5.92 Å². The predicted molar refractivity (Wildman–Crippen MR) is 128 cm³/mol. The summed E-state index contributed by atoms with van der Waals surface area (Å²) in [6.45, 7) is 3.71. The Bertz CT molecular complexity index is 1330. The number of allylic oxidation sites excluding steroid dienone is 3. The van der Waals surface area contributed by atoms with Crippen LogP contribution in [0.4, 0.5) is 10.1 Å². The van der Waals surface area contributed by atoms with Crippen molar-refractivity contribution >= 4 is 11.7 Å². The van der Waals surface area contributed by atoms with Crippen molar-refractivity contribution < 1.29 is 19.4 Å². The molecule has 0 aromatic heterocycles. The Morgan fingerprint density at radius 1 is 1.26 bits per heavy atom. The molecule has 34 heavy (non-hydrogen) atoms. The van der Waals surface area contributed by atoms with Gasteiger partial charge in [-0.3, -0.25) is 9.80 Å². The third-order valence-electron chi connectivity index (χ3n) is 6.90. The van der Waals surface area contributed by atoms with Gasteiger partial charge in [-0.05, 0) is 78.9 Å². The van der Waals surface area contributed by atoms with Gasteiger partial charge in [0.2, 0.25) is 0 Å². The minimum Gasteiger partial charge on any atom is -0.481 e. The standard InChI is InChI=1S/C28H25FN2O3/c1-17(27(32)33)20-5-3-4-19(14-20)10-12-28(34)13-11-21-15-25-24(18(2)26(21)28)16-30-31(25)23-8-6-22(29)7-9-23/h3-9,14-18,30,34H,11,13H2,1-2H3,(H,32,33)/t17-,18-,28-/m0/s1. The number of aliphatic carboxylic acids is 1. The van der Waals surface area contributed by atoms with Gasteiger partial charge in [0.05, 0.1) is 17.3 Å². The topological polar surface area (TPSA) is 72.8 Å². The van der Waals surface area contributed by atoms with Gasteiger partial charge in [-0.15, -0.1) is 0 Å². The second kappa shape index (κ2) is 8.19. The molecule has 0 spiro atoms. The van der Waals surface area contributed by atoms with Gasteiger partial charge in [0.1, 0.15) is 11.4 Å². The van der Waals surface area contributed by atoms with Crippen molar-refractivity contribution in [3.05, 3.63) is 100 Å². The minimum absolute atomic E-state index is 0.0480. The molecule has 5 nitrogen and oxygen atoms in total. The number of hydrogen-bond acceptors (Lipinski definition) is 4. The Morgan fingerprint density at radius 3 is 2.76 bits per heavy atom. The van der Waals surface area contributed by atoms with E-state index < -0.39 is 17.5 Å². The SMILES string of the molecule is C[C@H]1C2=CNN(c3ccc(F)cc3)C2=CC2=C1[C@](O)(C#Cc1cccc([C@H](C)C(=O)O)c1)CC2. The molecule has 1 heterocycles. The molecule has 6 heteroatoms. The number of halogens is 1. The summed E-state index contributed by atoms with van der Waals surface area (Å²) in [4.78, 5) is 11.3. The van der Waals surface area contributed by atoms with Crippen LogP contribution in [-0.4, -0.2) is 21.8 Å². The van der Waals surface area contributed by atoms with Gasteiger partial charge in [0.15, 0.2) is 0 Å². The van der Waals surface area contributed by atoms with E-state index in [0.717, 1.165) is 28.1 Å². The summed E-state index contributed by atoms with van der Waals surface area (Å²) in [6, 6.07) is 13.5. The number of hydrazine groups is 1. The molecular weight excluding hydrogens is 431 g/mol. The summed E-state index contributed by atoms with van der Waals surface area (Å²) >= 11 is 0. The Balaban J connectivity index is 1.47. The molecule has 172 valence electrons. The first-order valence-electron chi connectivity index (χ1n) is 11.3. The highest BCUT2D eigenvalue weighted by atomic mass is 19.1. The molecule has 1 aliphatic heterocycles. The molecule has 0 saturated carbocycles. The Kier molecular flexibility index (Phi) is 5.30. The third kappa shape index (κ3) is 3.68. The largest absolute Gasteiger partial charge is 0.481 e. The minimum atomic E-state index is -1.25. The molecule has 0 radical (unpaired) electrons. The molecule has 2 aliphatic carbocycles. The fourth-order valence-electron chi connectivity index (χ4n) is 5.00. The van der Waals surface area contributed by atoms with E-state index in [2.05, 4.69) is 30.3 Å². The molecule has 0 fully saturated rings. The number of carboxylic acids is 1. The molecule has 3 aliphatic rings. The molecule has 3 atom stereocenters. The van der Waals surface area contributed by atoms with Crippen molar-refractivity contribution in [2.45, 2.75) is 38.2 Å². The summed E-state index contributed by atoms with van der Waals surface area (Å²) in [5, 5.41) is 22.8. The van der Waals surface area contributed by atoms with E-state index in [-0.39, 0.29) is 11.7 Å². The lowest BCUT2D eigenvalue weighted by Gasteiger charge is -2.31. The van der Waals surface area contributed by atoms with E-state index in [9.17, 15) is 19.4 Å². The highest BCUT2D eigenvalue weighted by Crippen LogP contribution is 2.49. The van der Waals surface area contributed by atoms with Crippen LogP contribution in [0.15, 0.2) is 83.2 Å². The molecule has 5 rings (SSSR count). The lowest BCUT2D eigenvalue weighted by molar-refractivity contribution is -0.138. The average molecular weight is 457 g/mol. The van der Waals surface area contributed by atoms with Gasteiger partial charge in [-0.1, -0.05) is 30.9 Å². The third-order valence-corrected chi connectivity index (χ3v) is 6.90. The van der Waals surface area contributed by atoms with Crippen LogP contribution in [-0.2, 0) is 4.79 Å². The fourth-order valence-corrected chi connectivity index (χ4v) is 5.00. The first-order valence-corrected chi connectivity index (χ1v) is 11.3. The maximum atomic E-state index is 13.4. The van der Waals surface area contributed by atoms with Gasteiger partial charge >= 0.3 is 5.97 Å². The summed E-state index contributed by atoms with van der Waals surface area (Å²) in [6.07, 6.45) is 5.21. The summed E-state index contributed by atoms with van der Waals surface area (Å²) in [5.41, 5.74) is 8.20. The lowest BCUT2D eigenvalue weighted by Crippen LogP contribution is -2.33. The number of nitrogens with zero attached hydrogens (tertiary/aromatic N) is 1. The van der Waals surface area contributed by atoms with Gasteiger partial charge in [0, 0.05) is 23.3 Å². The van der Waals surface area contributed by atoms with Crippen LogP contribution in [0.1, 0.15) is 43.7 Å². The number of hydrogen-bond donors (Lipinski definition) is 3. The summed E-state index contributed by atoms with van der Waals surface area (Å²) in [5.74, 6) is 4.34. The molecule has 2 aromatic carbocycles. The van der Waals surface area contributed by atoms with Gasteiger partial charge in [-0.2, -0.15) is 0 Å². The maximum Gasteiger partial charge on any atom is 0.310 e. The number of nitrogens with one attached hydrogen (secondary N) is 1. The molecule has 0 amide bonds. The van der Waals surface area contributed by atoms with Crippen molar-refractivity contribution in [1.82, 2.24) is 5.43 Å². The zero-order valence-corrected chi connectivity index (χ0v) is 19.0. The molecule has 0 saturated heterocycles. The predicted octanol–water partition coefficient (Wildman–Crippen LogP) is 4.63. The monoisotopic (exact) mass is 456 g/mol.